The van der Waals surface area contributed by atoms with E-state index >= 15 is 0 Å². The molecule has 2 aromatic rings. The third-order valence-electron chi connectivity index (χ3n) is 2.78. The van der Waals surface area contributed by atoms with Gasteiger partial charge in [-0.3, -0.25) is 0 Å². The van der Waals surface area contributed by atoms with Crippen molar-refractivity contribution in [1.29, 1.82) is 0 Å². The summed E-state index contributed by atoms with van der Waals surface area (Å²) in [5, 5.41) is 8.96. The molecule has 0 bridgehead atoms. The molecule has 2 rings (SSSR count). The van der Waals surface area contributed by atoms with Crippen molar-refractivity contribution in [3.05, 3.63) is 47.7 Å². The lowest BCUT2D eigenvalue weighted by Gasteiger charge is -2.12. The average Bonchev–Trinajstić information content (AvgIpc) is 2.45. The minimum Gasteiger partial charge on any atom is -0.481 e. The third kappa shape index (κ3) is 3.13. The second-order valence-corrected chi connectivity index (χ2v) is 4.16. The van der Waals surface area contributed by atoms with E-state index < -0.39 is 23.3 Å². The lowest BCUT2D eigenvalue weighted by Crippen LogP contribution is -2.08. The number of hydrogen-bond acceptors (Lipinski definition) is 3. The van der Waals surface area contributed by atoms with Gasteiger partial charge in [-0.1, -0.05) is 0 Å². The van der Waals surface area contributed by atoms with Gasteiger partial charge in [0.25, 0.3) is 0 Å². The van der Waals surface area contributed by atoms with Gasteiger partial charge in [0, 0.05) is 11.8 Å². The first-order valence-electron chi connectivity index (χ1n) is 5.78. The highest BCUT2D eigenvalue weighted by molar-refractivity contribution is 5.90. The molecule has 0 fully saturated rings. The standard InChI is InChI=1S/C14H10F3NO3/c1-21-12-11(3-2-4-18-12)8-5-9(13(19)20)7-10(6-8)14(15,16)17/h2-7H,1H3,(H,19,20). The van der Waals surface area contributed by atoms with Crippen molar-refractivity contribution in [3.8, 4) is 17.0 Å². The van der Waals surface area contributed by atoms with Gasteiger partial charge in [-0.2, -0.15) is 13.2 Å². The lowest BCUT2D eigenvalue weighted by molar-refractivity contribution is -0.137. The molecule has 0 saturated carbocycles. The van der Waals surface area contributed by atoms with E-state index in [-0.39, 0.29) is 17.0 Å². The molecule has 0 aliphatic carbocycles. The normalized spacial score (nSPS) is 11.2. The number of nitrogens with zero attached hydrogens (tertiary/aromatic N) is 1. The molecule has 1 N–H and O–H groups in total. The average molecular weight is 297 g/mol. The van der Waals surface area contributed by atoms with E-state index in [1.165, 1.54) is 25.4 Å². The largest absolute Gasteiger partial charge is 0.481 e. The number of carbonyl (C=O) groups is 1. The molecule has 0 aliphatic heterocycles. The summed E-state index contributed by atoms with van der Waals surface area (Å²) in [6.45, 7) is 0. The van der Waals surface area contributed by atoms with Gasteiger partial charge in [-0.25, -0.2) is 9.78 Å². The van der Waals surface area contributed by atoms with Crippen LogP contribution in [0.15, 0.2) is 36.5 Å². The molecular weight excluding hydrogens is 287 g/mol. The predicted octanol–water partition coefficient (Wildman–Crippen LogP) is 3.47. The maximum Gasteiger partial charge on any atom is 0.416 e. The van der Waals surface area contributed by atoms with E-state index in [0.717, 1.165) is 12.1 Å². The number of aromatic carboxylic acids is 1. The van der Waals surface area contributed by atoms with Gasteiger partial charge in [0.15, 0.2) is 0 Å². The maximum atomic E-state index is 12.9. The zero-order chi connectivity index (χ0) is 15.6. The predicted molar refractivity (Wildman–Crippen MR) is 68.2 cm³/mol. The smallest absolute Gasteiger partial charge is 0.416 e. The number of carboxylic acids is 1. The van der Waals surface area contributed by atoms with Crippen LogP contribution in [0, 0.1) is 0 Å². The fourth-order valence-electron chi connectivity index (χ4n) is 1.84. The Morgan fingerprint density at radius 1 is 1.29 bits per heavy atom. The topological polar surface area (TPSA) is 59.4 Å². The number of pyridine rings is 1. The molecule has 7 heteroatoms. The van der Waals surface area contributed by atoms with Crippen LogP contribution >= 0.6 is 0 Å². The number of rotatable bonds is 3. The molecule has 110 valence electrons. The van der Waals surface area contributed by atoms with Gasteiger partial charge < -0.3 is 9.84 Å². The van der Waals surface area contributed by atoms with Crippen LogP contribution in [0.25, 0.3) is 11.1 Å². The molecule has 0 aliphatic rings. The minimum atomic E-state index is -4.64. The lowest BCUT2D eigenvalue weighted by atomic mass is 10.00. The third-order valence-corrected chi connectivity index (χ3v) is 2.78. The SMILES string of the molecule is COc1ncccc1-c1cc(C(=O)O)cc(C(F)(F)F)c1. The molecule has 0 unspecified atom stereocenters. The highest BCUT2D eigenvalue weighted by Crippen LogP contribution is 2.35. The van der Waals surface area contributed by atoms with E-state index in [4.69, 9.17) is 9.84 Å². The summed E-state index contributed by atoms with van der Waals surface area (Å²) in [5.41, 5.74) is -1.13. The Labute approximate surface area is 117 Å². The molecule has 0 atom stereocenters. The van der Waals surface area contributed by atoms with Gasteiger partial charge >= 0.3 is 12.1 Å². The second kappa shape index (κ2) is 5.43. The quantitative estimate of drug-likeness (QED) is 0.942. The van der Waals surface area contributed by atoms with Crippen LogP contribution in [0.4, 0.5) is 13.2 Å². The van der Waals surface area contributed by atoms with Crippen molar-refractivity contribution in [3.63, 3.8) is 0 Å². The zero-order valence-electron chi connectivity index (χ0n) is 10.8. The summed E-state index contributed by atoms with van der Waals surface area (Å²) in [4.78, 5) is 14.9. The molecule has 0 saturated heterocycles. The molecule has 0 amide bonds. The summed E-state index contributed by atoms with van der Waals surface area (Å²) < 4.78 is 43.6. The molecule has 1 heterocycles. The first kappa shape index (κ1) is 14.8. The minimum absolute atomic E-state index is 0.0761. The van der Waals surface area contributed by atoms with Crippen molar-refractivity contribution in [2.75, 3.05) is 7.11 Å². The molecule has 0 radical (unpaired) electrons. The molecular formula is C14H10F3NO3. The number of carboxylic acid groups (broad SMARTS) is 1. The van der Waals surface area contributed by atoms with Crippen LogP contribution in [-0.4, -0.2) is 23.2 Å². The van der Waals surface area contributed by atoms with Crippen molar-refractivity contribution >= 4 is 5.97 Å². The highest BCUT2D eigenvalue weighted by atomic mass is 19.4. The van der Waals surface area contributed by atoms with E-state index in [0.29, 0.717) is 6.07 Å². The summed E-state index contributed by atoms with van der Waals surface area (Å²) in [7, 11) is 1.33. The molecule has 21 heavy (non-hydrogen) atoms. The Kier molecular flexibility index (Phi) is 3.84. The van der Waals surface area contributed by atoms with E-state index in [1.54, 1.807) is 0 Å². The van der Waals surface area contributed by atoms with E-state index in [1.807, 2.05) is 0 Å². The zero-order valence-corrected chi connectivity index (χ0v) is 10.8. The summed E-state index contributed by atoms with van der Waals surface area (Å²) >= 11 is 0. The summed E-state index contributed by atoms with van der Waals surface area (Å²) in [6, 6.07) is 5.64. The van der Waals surface area contributed by atoms with Crippen LogP contribution in [0.1, 0.15) is 15.9 Å². The molecule has 1 aromatic heterocycles. The molecule has 1 aromatic carbocycles. The van der Waals surface area contributed by atoms with Crippen molar-refractivity contribution < 1.29 is 27.8 Å². The van der Waals surface area contributed by atoms with Crippen LogP contribution < -0.4 is 4.74 Å². The van der Waals surface area contributed by atoms with Gasteiger partial charge in [0.2, 0.25) is 5.88 Å². The Morgan fingerprint density at radius 3 is 2.57 bits per heavy atom. The van der Waals surface area contributed by atoms with Crippen molar-refractivity contribution in [2.45, 2.75) is 6.18 Å². The Morgan fingerprint density at radius 2 is 2.00 bits per heavy atom. The fraction of sp³-hybridized carbons (Fsp3) is 0.143. The second-order valence-electron chi connectivity index (χ2n) is 4.16. The van der Waals surface area contributed by atoms with Gasteiger partial charge in [0.05, 0.1) is 18.2 Å². The number of alkyl halides is 3. The van der Waals surface area contributed by atoms with Crippen LogP contribution in [0.2, 0.25) is 0 Å². The van der Waals surface area contributed by atoms with Crippen LogP contribution in [0.3, 0.4) is 0 Å². The summed E-state index contributed by atoms with van der Waals surface area (Å²) in [5.74, 6) is -1.32. The van der Waals surface area contributed by atoms with Crippen LogP contribution in [0.5, 0.6) is 5.88 Å². The first-order chi connectivity index (χ1) is 9.82. The van der Waals surface area contributed by atoms with Crippen LogP contribution in [-0.2, 0) is 6.18 Å². The Bertz CT molecular complexity index is 683. The van der Waals surface area contributed by atoms with E-state index in [9.17, 15) is 18.0 Å². The first-order valence-corrected chi connectivity index (χ1v) is 5.78. The van der Waals surface area contributed by atoms with E-state index in [2.05, 4.69) is 4.98 Å². The fourth-order valence-corrected chi connectivity index (χ4v) is 1.84. The maximum absolute atomic E-state index is 12.9. The molecule has 0 spiro atoms. The molecule has 4 nitrogen and oxygen atoms in total. The Hall–Kier alpha value is -2.57. The van der Waals surface area contributed by atoms with Crippen molar-refractivity contribution in [2.24, 2.45) is 0 Å². The monoisotopic (exact) mass is 297 g/mol. The van der Waals surface area contributed by atoms with Crippen molar-refractivity contribution in [1.82, 2.24) is 4.98 Å². The number of benzene rings is 1. The Balaban J connectivity index is 2.68. The van der Waals surface area contributed by atoms with Gasteiger partial charge in [0.1, 0.15) is 0 Å². The summed E-state index contributed by atoms with van der Waals surface area (Å²) in [6.07, 6.45) is -3.22. The number of hydrogen-bond donors (Lipinski definition) is 1. The van der Waals surface area contributed by atoms with Gasteiger partial charge in [-0.15, -0.1) is 0 Å². The van der Waals surface area contributed by atoms with Gasteiger partial charge in [-0.05, 0) is 35.9 Å². The number of halogens is 3. The highest BCUT2D eigenvalue weighted by Gasteiger charge is 2.32. The number of methoxy groups -OCH3 is 1. The number of ether oxygens (including phenoxy) is 1. The number of aromatic nitrogens is 1.